The SMILES string of the molecule is COCC(N)C(=O)Nc1ncn(Cc2cccc(Br)c2)n1. The number of hydrogen-bond donors (Lipinski definition) is 2. The van der Waals surface area contributed by atoms with Gasteiger partial charge in [0.25, 0.3) is 0 Å². The average Bonchev–Trinajstić information content (AvgIpc) is 2.86. The normalized spacial score (nSPS) is 12.1. The molecule has 21 heavy (non-hydrogen) atoms. The predicted molar refractivity (Wildman–Crippen MR) is 81.7 cm³/mol. The second kappa shape index (κ2) is 7.30. The fraction of sp³-hybridized carbons (Fsp3) is 0.308. The van der Waals surface area contributed by atoms with Crippen LogP contribution in [0.5, 0.6) is 0 Å². The van der Waals surface area contributed by atoms with Crippen molar-refractivity contribution in [1.29, 1.82) is 0 Å². The van der Waals surface area contributed by atoms with Gasteiger partial charge in [-0.1, -0.05) is 28.1 Å². The van der Waals surface area contributed by atoms with Crippen LogP contribution in [0.25, 0.3) is 0 Å². The molecule has 0 saturated carbocycles. The molecular formula is C13H16BrN5O2. The lowest BCUT2D eigenvalue weighted by atomic mass is 10.2. The van der Waals surface area contributed by atoms with Crippen molar-refractivity contribution in [1.82, 2.24) is 14.8 Å². The van der Waals surface area contributed by atoms with Gasteiger partial charge in [-0.25, -0.2) is 9.67 Å². The molecule has 0 aliphatic carbocycles. The number of nitrogens with zero attached hydrogens (tertiary/aromatic N) is 3. The van der Waals surface area contributed by atoms with Crippen molar-refractivity contribution in [3.63, 3.8) is 0 Å². The zero-order valence-corrected chi connectivity index (χ0v) is 13.1. The number of halogens is 1. The summed E-state index contributed by atoms with van der Waals surface area (Å²) in [7, 11) is 1.48. The Morgan fingerprint density at radius 3 is 3.10 bits per heavy atom. The Labute approximate surface area is 130 Å². The standard InChI is InChI=1S/C13H16BrN5O2/c1-21-7-11(15)12(20)17-13-16-8-19(18-13)6-9-3-2-4-10(14)5-9/h2-5,8,11H,6-7,15H2,1H3,(H,17,18,20). The average molecular weight is 354 g/mol. The van der Waals surface area contributed by atoms with Crippen LogP contribution in [0.4, 0.5) is 5.95 Å². The Morgan fingerprint density at radius 1 is 1.57 bits per heavy atom. The fourth-order valence-electron chi connectivity index (χ4n) is 1.71. The van der Waals surface area contributed by atoms with Gasteiger partial charge >= 0.3 is 0 Å². The highest BCUT2D eigenvalue weighted by molar-refractivity contribution is 9.10. The first kappa shape index (κ1) is 15.6. The number of aromatic nitrogens is 3. The first-order chi connectivity index (χ1) is 10.1. The summed E-state index contributed by atoms with van der Waals surface area (Å²) in [6.07, 6.45) is 1.55. The molecule has 3 N–H and O–H groups in total. The molecule has 1 atom stereocenters. The van der Waals surface area contributed by atoms with E-state index in [9.17, 15) is 4.79 Å². The molecule has 2 rings (SSSR count). The Morgan fingerprint density at radius 2 is 2.38 bits per heavy atom. The quantitative estimate of drug-likeness (QED) is 0.807. The van der Waals surface area contributed by atoms with Crippen LogP contribution >= 0.6 is 15.9 Å². The van der Waals surface area contributed by atoms with Crippen molar-refractivity contribution in [2.75, 3.05) is 19.0 Å². The maximum atomic E-state index is 11.7. The molecule has 1 aromatic heterocycles. The Hall–Kier alpha value is -1.77. The van der Waals surface area contributed by atoms with Crippen molar-refractivity contribution in [2.24, 2.45) is 5.73 Å². The second-order valence-electron chi connectivity index (χ2n) is 4.45. The summed E-state index contributed by atoms with van der Waals surface area (Å²) in [5.74, 6) is -0.154. The van der Waals surface area contributed by atoms with Gasteiger partial charge in [0.1, 0.15) is 12.4 Å². The van der Waals surface area contributed by atoms with E-state index < -0.39 is 6.04 Å². The topological polar surface area (TPSA) is 95.1 Å². The van der Waals surface area contributed by atoms with E-state index in [0.29, 0.717) is 6.54 Å². The summed E-state index contributed by atoms with van der Waals surface area (Å²) in [4.78, 5) is 15.7. The van der Waals surface area contributed by atoms with Crippen LogP contribution in [0, 0.1) is 0 Å². The molecule has 1 amide bonds. The van der Waals surface area contributed by atoms with Crippen LogP contribution in [0.1, 0.15) is 5.56 Å². The maximum Gasteiger partial charge on any atom is 0.248 e. The molecule has 0 saturated heterocycles. The monoisotopic (exact) mass is 353 g/mol. The van der Waals surface area contributed by atoms with Crippen molar-refractivity contribution >= 4 is 27.8 Å². The number of benzene rings is 1. The molecule has 112 valence electrons. The van der Waals surface area contributed by atoms with Gasteiger partial charge in [0.2, 0.25) is 11.9 Å². The van der Waals surface area contributed by atoms with Gasteiger partial charge in [-0.2, -0.15) is 0 Å². The van der Waals surface area contributed by atoms with Crippen LogP contribution in [-0.4, -0.2) is 40.4 Å². The molecule has 0 fully saturated rings. The molecule has 0 bridgehead atoms. The molecule has 1 unspecified atom stereocenters. The van der Waals surface area contributed by atoms with Crippen LogP contribution in [0.3, 0.4) is 0 Å². The third-order valence-electron chi connectivity index (χ3n) is 2.69. The summed E-state index contributed by atoms with van der Waals surface area (Å²) in [6.45, 7) is 0.705. The maximum absolute atomic E-state index is 11.7. The summed E-state index contributed by atoms with van der Waals surface area (Å²) in [5, 5.41) is 6.73. The zero-order valence-electron chi connectivity index (χ0n) is 11.5. The smallest absolute Gasteiger partial charge is 0.248 e. The molecule has 0 aliphatic heterocycles. The minimum atomic E-state index is -0.743. The van der Waals surface area contributed by atoms with Gasteiger partial charge in [-0.05, 0) is 17.7 Å². The van der Waals surface area contributed by atoms with Crippen LogP contribution in [0.15, 0.2) is 35.1 Å². The Kier molecular flexibility index (Phi) is 5.43. The summed E-state index contributed by atoms with van der Waals surface area (Å²) < 4.78 is 7.46. The molecule has 8 heteroatoms. The highest BCUT2D eigenvalue weighted by Crippen LogP contribution is 2.12. The summed E-state index contributed by atoms with van der Waals surface area (Å²) in [6, 6.07) is 7.14. The van der Waals surface area contributed by atoms with E-state index in [4.69, 9.17) is 10.5 Å². The van der Waals surface area contributed by atoms with E-state index in [1.807, 2.05) is 24.3 Å². The number of hydrogen-bond acceptors (Lipinski definition) is 5. The zero-order chi connectivity index (χ0) is 15.2. The molecule has 0 radical (unpaired) electrons. The highest BCUT2D eigenvalue weighted by Gasteiger charge is 2.15. The van der Waals surface area contributed by atoms with E-state index in [2.05, 4.69) is 31.3 Å². The predicted octanol–water partition coefficient (Wildman–Crippen LogP) is 1.00. The van der Waals surface area contributed by atoms with Crippen molar-refractivity contribution in [3.8, 4) is 0 Å². The number of methoxy groups -OCH3 is 1. The van der Waals surface area contributed by atoms with E-state index in [-0.39, 0.29) is 18.5 Å². The summed E-state index contributed by atoms with van der Waals surface area (Å²) >= 11 is 3.42. The number of rotatable bonds is 6. The van der Waals surface area contributed by atoms with E-state index in [1.165, 1.54) is 7.11 Å². The molecule has 0 aliphatic rings. The van der Waals surface area contributed by atoms with Gasteiger partial charge in [0.15, 0.2) is 0 Å². The molecule has 7 nitrogen and oxygen atoms in total. The molecule has 0 spiro atoms. The Balaban J connectivity index is 1.97. The number of amides is 1. The Bertz CT molecular complexity index is 616. The molecular weight excluding hydrogens is 338 g/mol. The fourth-order valence-corrected chi connectivity index (χ4v) is 2.16. The summed E-state index contributed by atoms with van der Waals surface area (Å²) in [5.41, 5.74) is 6.69. The van der Waals surface area contributed by atoms with E-state index >= 15 is 0 Å². The highest BCUT2D eigenvalue weighted by atomic mass is 79.9. The first-order valence-electron chi connectivity index (χ1n) is 6.28. The number of nitrogens with one attached hydrogen (secondary N) is 1. The minimum Gasteiger partial charge on any atom is -0.383 e. The number of carbonyl (C=O) groups is 1. The van der Waals surface area contributed by atoms with Crippen molar-refractivity contribution in [3.05, 3.63) is 40.6 Å². The first-order valence-corrected chi connectivity index (χ1v) is 7.07. The van der Waals surface area contributed by atoms with Crippen LogP contribution < -0.4 is 11.1 Å². The van der Waals surface area contributed by atoms with E-state index in [0.717, 1.165) is 10.0 Å². The van der Waals surface area contributed by atoms with Crippen molar-refractivity contribution in [2.45, 2.75) is 12.6 Å². The molecule has 1 heterocycles. The van der Waals surface area contributed by atoms with Gasteiger partial charge in [-0.15, -0.1) is 5.10 Å². The van der Waals surface area contributed by atoms with Gasteiger partial charge in [0.05, 0.1) is 13.2 Å². The lowest BCUT2D eigenvalue weighted by molar-refractivity contribution is -0.118. The third kappa shape index (κ3) is 4.62. The number of ether oxygens (including phenoxy) is 1. The minimum absolute atomic E-state index is 0.143. The second-order valence-corrected chi connectivity index (χ2v) is 5.36. The van der Waals surface area contributed by atoms with Crippen LogP contribution in [-0.2, 0) is 16.1 Å². The van der Waals surface area contributed by atoms with Gasteiger partial charge in [-0.3, -0.25) is 10.1 Å². The van der Waals surface area contributed by atoms with Crippen molar-refractivity contribution < 1.29 is 9.53 Å². The third-order valence-corrected chi connectivity index (χ3v) is 3.18. The van der Waals surface area contributed by atoms with Crippen LogP contribution in [0.2, 0.25) is 0 Å². The van der Waals surface area contributed by atoms with E-state index in [1.54, 1.807) is 11.0 Å². The number of anilines is 1. The number of carbonyl (C=O) groups excluding carboxylic acids is 1. The largest absolute Gasteiger partial charge is 0.383 e. The molecule has 1 aromatic carbocycles. The lowest BCUT2D eigenvalue weighted by Gasteiger charge is -2.08. The molecule has 2 aromatic rings. The lowest BCUT2D eigenvalue weighted by Crippen LogP contribution is -2.39. The van der Waals surface area contributed by atoms with Gasteiger partial charge < -0.3 is 10.5 Å². The van der Waals surface area contributed by atoms with Gasteiger partial charge in [0, 0.05) is 11.6 Å². The number of nitrogens with two attached hydrogens (primary N) is 1.